The van der Waals surface area contributed by atoms with Crippen molar-refractivity contribution in [3.05, 3.63) is 23.9 Å². The molecule has 2 aliphatic rings. The van der Waals surface area contributed by atoms with Gasteiger partial charge in [0.1, 0.15) is 5.82 Å². The van der Waals surface area contributed by atoms with Crippen LogP contribution in [0.5, 0.6) is 0 Å². The van der Waals surface area contributed by atoms with Gasteiger partial charge in [0.25, 0.3) is 0 Å². The number of rotatable bonds is 3. The van der Waals surface area contributed by atoms with E-state index >= 15 is 0 Å². The minimum absolute atomic E-state index is 0.225. The van der Waals surface area contributed by atoms with Crippen LogP contribution in [0.3, 0.4) is 0 Å². The van der Waals surface area contributed by atoms with Gasteiger partial charge in [-0.05, 0) is 38.2 Å². The van der Waals surface area contributed by atoms with Crippen LogP contribution in [-0.4, -0.2) is 35.9 Å². The fourth-order valence-corrected chi connectivity index (χ4v) is 3.29. The summed E-state index contributed by atoms with van der Waals surface area (Å²) in [6.45, 7) is 3.07. The average molecular weight is 259 g/mol. The van der Waals surface area contributed by atoms with Crippen LogP contribution < -0.4 is 4.90 Å². The van der Waals surface area contributed by atoms with Crippen molar-refractivity contribution in [3.8, 4) is 0 Å². The van der Waals surface area contributed by atoms with E-state index in [0.717, 1.165) is 44.7 Å². The summed E-state index contributed by atoms with van der Waals surface area (Å²) in [4.78, 5) is 20.1. The predicted molar refractivity (Wildman–Crippen MR) is 75.0 cm³/mol. The first-order valence-corrected chi connectivity index (χ1v) is 7.31. The molecule has 1 amide bonds. The van der Waals surface area contributed by atoms with E-state index < -0.39 is 0 Å². The Morgan fingerprint density at radius 1 is 1.16 bits per heavy atom. The van der Waals surface area contributed by atoms with Crippen molar-refractivity contribution >= 4 is 12.2 Å². The molecule has 3 rings (SSSR count). The van der Waals surface area contributed by atoms with E-state index in [1.54, 1.807) is 0 Å². The number of hydrogen-bond acceptors (Lipinski definition) is 3. The van der Waals surface area contributed by atoms with Gasteiger partial charge in [0.15, 0.2) is 0 Å². The molecule has 0 bridgehead atoms. The Kier molecular flexibility index (Phi) is 3.67. The molecule has 102 valence electrons. The van der Waals surface area contributed by atoms with E-state index in [4.69, 9.17) is 0 Å². The Hall–Kier alpha value is -1.58. The number of amides is 1. The maximum atomic E-state index is 11.2. The topological polar surface area (TPSA) is 36.4 Å². The molecule has 2 fully saturated rings. The molecule has 0 aliphatic carbocycles. The Morgan fingerprint density at radius 3 is 2.79 bits per heavy atom. The first-order valence-electron chi connectivity index (χ1n) is 7.31. The molecule has 4 heteroatoms. The Balaban J connectivity index is 1.90. The molecule has 19 heavy (non-hydrogen) atoms. The molecule has 0 spiro atoms. The van der Waals surface area contributed by atoms with Crippen LogP contribution in [0.4, 0.5) is 5.82 Å². The molecule has 1 unspecified atom stereocenters. The molecule has 0 saturated carbocycles. The number of carbonyl (C=O) groups excluding carboxylic acids is 1. The third-order valence-corrected chi connectivity index (χ3v) is 4.26. The molecule has 0 radical (unpaired) electrons. The smallest absolute Gasteiger partial charge is 0.210 e. The van der Waals surface area contributed by atoms with Crippen molar-refractivity contribution in [2.45, 2.75) is 38.1 Å². The molecule has 1 aromatic heterocycles. The molecule has 3 heterocycles. The molecule has 0 N–H and O–H groups in total. The number of pyridine rings is 1. The number of anilines is 1. The van der Waals surface area contributed by atoms with Gasteiger partial charge in [0, 0.05) is 31.4 Å². The zero-order valence-electron chi connectivity index (χ0n) is 11.3. The van der Waals surface area contributed by atoms with Crippen molar-refractivity contribution in [2.24, 2.45) is 0 Å². The molecule has 2 saturated heterocycles. The van der Waals surface area contributed by atoms with Gasteiger partial charge in [-0.15, -0.1) is 0 Å². The Bertz CT molecular complexity index is 443. The highest BCUT2D eigenvalue weighted by Gasteiger charge is 2.28. The molecule has 4 nitrogen and oxygen atoms in total. The van der Waals surface area contributed by atoms with E-state index in [-0.39, 0.29) is 6.04 Å². The fourth-order valence-electron chi connectivity index (χ4n) is 3.29. The lowest BCUT2D eigenvalue weighted by atomic mass is 10.0. The van der Waals surface area contributed by atoms with Gasteiger partial charge >= 0.3 is 0 Å². The first kappa shape index (κ1) is 12.5. The van der Waals surface area contributed by atoms with Crippen molar-refractivity contribution in [1.29, 1.82) is 0 Å². The molecular weight excluding hydrogens is 238 g/mol. The second kappa shape index (κ2) is 5.59. The van der Waals surface area contributed by atoms with Crippen LogP contribution in [-0.2, 0) is 4.79 Å². The fraction of sp³-hybridized carbons (Fsp3) is 0.600. The summed E-state index contributed by atoms with van der Waals surface area (Å²) in [5.74, 6) is 1.10. The van der Waals surface area contributed by atoms with Crippen LogP contribution in [0.15, 0.2) is 18.3 Å². The molecular formula is C15H21N3O. The highest BCUT2D eigenvalue weighted by molar-refractivity contribution is 5.54. The summed E-state index contributed by atoms with van der Waals surface area (Å²) in [6.07, 6.45) is 8.83. The van der Waals surface area contributed by atoms with Gasteiger partial charge in [-0.2, -0.15) is 0 Å². The van der Waals surface area contributed by atoms with E-state index in [1.807, 2.05) is 17.2 Å². The van der Waals surface area contributed by atoms with Gasteiger partial charge < -0.3 is 9.80 Å². The van der Waals surface area contributed by atoms with Crippen LogP contribution >= 0.6 is 0 Å². The summed E-state index contributed by atoms with van der Waals surface area (Å²) in [7, 11) is 0. The summed E-state index contributed by atoms with van der Waals surface area (Å²) in [5.41, 5.74) is 1.23. The van der Waals surface area contributed by atoms with E-state index in [2.05, 4.69) is 16.0 Å². The molecule has 0 aromatic carbocycles. The number of nitrogens with zero attached hydrogens (tertiary/aromatic N) is 3. The van der Waals surface area contributed by atoms with E-state index in [0.29, 0.717) is 0 Å². The lowest BCUT2D eigenvalue weighted by molar-refractivity contribution is -0.118. The second-order valence-corrected chi connectivity index (χ2v) is 5.47. The average Bonchev–Trinajstić information content (AvgIpc) is 2.96. The summed E-state index contributed by atoms with van der Waals surface area (Å²) >= 11 is 0. The van der Waals surface area contributed by atoms with Crippen LogP contribution in [0.2, 0.25) is 0 Å². The normalized spacial score (nSPS) is 23.7. The van der Waals surface area contributed by atoms with Crippen molar-refractivity contribution < 1.29 is 4.79 Å². The van der Waals surface area contributed by atoms with Crippen LogP contribution in [0, 0.1) is 0 Å². The quantitative estimate of drug-likeness (QED) is 0.782. The first-order chi connectivity index (χ1) is 9.40. The van der Waals surface area contributed by atoms with Crippen molar-refractivity contribution in [3.63, 3.8) is 0 Å². The van der Waals surface area contributed by atoms with E-state index in [1.165, 1.54) is 24.8 Å². The molecule has 2 aliphatic heterocycles. The van der Waals surface area contributed by atoms with E-state index in [9.17, 15) is 4.79 Å². The third kappa shape index (κ3) is 2.44. The lowest BCUT2D eigenvalue weighted by Gasteiger charge is -2.31. The molecule has 1 aromatic rings. The van der Waals surface area contributed by atoms with Gasteiger partial charge in [0.05, 0.1) is 6.04 Å². The minimum atomic E-state index is 0.225. The van der Waals surface area contributed by atoms with Crippen LogP contribution in [0.1, 0.15) is 43.7 Å². The Labute approximate surface area is 114 Å². The number of carbonyl (C=O) groups is 1. The van der Waals surface area contributed by atoms with Gasteiger partial charge in [0.2, 0.25) is 6.41 Å². The number of piperidine rings is 1. The monoisotopic (exact) mass is 259 g/mol. The van der Waals surface area contributed by atoms with Gasteiger partial charge in [-0.25, -0.2) is 4.98 Å². The summed E-state index contributed by atoms with van der Waals surface area (Å²) in [5, 5.41) is 0. The standard InChI is InChI=1S/C15H21N3O/c19-12-18-11-5-7-14(18)13-6-4-8-16-15(13)17-9-2-1-3-10-17/h4,6,8,12,14H,1-3,5,7,9-11H2. The summed E-state index contributed by atoms with van der Waals surface area (Å²) < 4.78 is 0. The molecule has 1 atom stereocenters. The van der Waals surface area contributed by atoms with Gasteiger partial charge in [-0.1, -0.05) is 6.07 Å². The lowest BCUT2D eigenvalue weighted by Crippen LogP contribution is -2.32. The van der Waals surface area contributed by atoms with Crippen molar-refractivity contribution in [2.75, 3.05) is 24.5 Å². The summed E-state index contributed by atoms with van der Waals surface area (Å²) in [6, 6.07) is 4.36. The highest BCUT2D eigenvalue weighted by atomic mass is 16.1. The minimum Gasteiger partial charge on any atom is -0.356 e. The SMILES string of the molecule is O=CN1CCCC1c1cccnc1N1CCCCC1. The zero-order valence-corrected chi connectivity index (χ0v) is 11.3. The highest BCUT2D eigenvalue weighted by Crippen LogP contribution is 2.35. The van der Waals surface area contributed by atoms with Gasteiger partial charge in [-0.3, -0.25) is 4.79 Å². The zero-order chi connectivity index (χ0) is 13.1. The maximum absolute atomic E-state index is 11.2. The largest absolute Gasteiger partial charge is 0.356 e. The van der Waals surface area contributed by atoms with Crippen molar-refractivity contribution in [1.82, 2.24) is 9.88 Å². The number of hydrogen-bond donors (Lipinski definition) is 0. The number of aromatic nitrogens is 1. The number of likely N-dealkylation sites (tertiary alicyclic amines) is 1. The second-order valence-electron chi connectivity index (χ2n) is 5.47. The third-order valence-electron chi connectivity index (χ3n) is 4.26. The Morgan fingerprint density at radius 2 is 2.00 bits per heavy atom. The maximum Gasteiger partial charge on any atom is 0.210 e. The predicted octanol–water partition coefficient (Wildman–Crippen LogP) is 2.37. The van der Waals surface area contributed by atoms with Crippen LogP contribution in [0.25, 0.3) is 0 Å².